The maximum atomic E-state index is 13.4. The van der Waals surface area contributed by atoms with E-state index < -0.39 is 17.6 Å². The minimum absolute atomic E-state index is 0.00589. The molecule has 6 nitrogen and oxygen atoms in total. The SMILES string of the molecule is CCCCCNC(=O)C1(C)CC=C(NCC(=O)N2C[C@@H](F)C[C@H]2C#N)CC1. The highest BCUT2D eigenvalue weighted by atomic mass is 19.1. The number of unbranched alkanes of at least 4 members (excludes halogenated alkanes) is 2. The van der Waals surface area contributed by atoms with Crippen molar-refractivity contribution >= 4 is 11.8 Å². The van der Waals surface area contributed by atoms with Crippen LogP contribution in [0.25, 0.3) is 0 Å². The fourth-order valence-corrected chi connectivity index (χ4v) is 3.59. The molecule has 1 heterocycles. The Balaban J connectivity index is 1.79. The van der Waals surface area contributed by atoms with Crippen molar-refractivity contribution in [3.8, 4) is 6.07 Å². The first kappa shape index (κ1) is 21.2. The van der Waals surface area contributed by atoms with Gasteiger partial charge in [0, 0.05) is 18.7 Å². The summed E-state index contributed by atoms with van der Waals surface area (Å²) in [5.41, 5.74) is 0.521. The van der Waals surface area contributed by atoms with Crippen LogP contribution in [0.3, 0.4) is 0 Å². The van der Waals surface area contributed by atoms with Gasteiger partial charge in [-0.1, -0.05) is 32.8 Å². The van der Waals surface area contributed by atoms with E-state index in [2.05, 4.69) is 17.6 Å². The Morgan fingerprint density at radius 3 is 2.85 bits per heavy atom. The number of nitrogens with one attached hydrogen (secondary N) is 2. The van der Waals surface area contributed by atoms with Crippen LogP contribution in [0.4, 0.5) is 4.39 Å². The smallest absolute Gasteiger partial charge is 0.243 e. The van der Waals surface area contributed by atoms with Crippen LogP contribution in [0, 0.1) is 16.7 Å². The molecule has 0 spiro atoms. The van der Waals surface area contributed by atoms with Gasteiger partial charge in [0.1, 0.15) is 12.2 Å². The molecule has 0 radical (unpaired) electrons. The molecule has 7 heteroatoms. The molecule has 1 aliphatic heterocycles. The summed E-state index contributed by atoms with van der Waals surface area (Å²) in [4.78, 5) is 26.0. The summed E-state index contributed by atoms with van der Waals surface area (Å²) in [5, 5.41) is 15.2. The summed E-state index contributed by atoms with van der Waals surface area (Å²) < 4.78 is 13.4. The monoisotopic (exact) mass is 378 g/mol. The lowest BCUT2D eigenvalue weighted by molar-refractivity contribution is -0.131. The predicted octanol–water partition coefficient (Wildman–Crippen LogP) is 2.42. The Morgan fingerprint density at radius 2 is 2.22 bits per heavy atom. The van der Waals surface area contributed by atoms with Gasteiger partial charge < -0.3 is 15.5 Å². The van der Waals surface area contributed by atoms with Crippen LogP contribution in [0.5, 0.6) is 0 Å². The number of hydrogen-bond donors (Lipinski definition) is 2. The lowest BCUT2D eigenvalue weighted by Crippen LogP contribution is -2.43. The molecular formula is C20H31FN4O2. The highest BCUT2D eigenvalue weighted by molar-refractivity contribution is 5.82. The molecule has 2 amide bonds. The number of nitrogens with zero attached hydrogens (tertiary/aromatic N) is 2. The minimum Gasteiger partial charge on any atom is -0.380 e. The highest BCUT2D eigenvalue weighted by Gasteiger charge is 2.36. The number of likely N-dealkylation sites (tertiary alicyclic amines) is 1. The van der Waals surface area contributed by atoms with Crippen LogP contribution in [0.1, 0.15) is 58.8 Å². The summed E-state index contributed by atoms with van der Waals surface area (Å²) in [7, 11) is 0. The van der Waals surface area contributed by atoms with E-state index in [1.165, 1.54) is 4.90 Å². The Labute approximate surface area is 161 Å². The van der Waals surface area contributed by atoms with Crippen molar-refractivity contribution in [2.75, 3.05) is 19.6 Å². The number of amides is 2. The molecule has 1 unspecified atom stereocenters. The number of rotatable bonds is 8. The maximum Gasteiger partial charge on any atom is 0.243 e. The zero-order valence-electron chi connectivity index (χ0n) is 16.4. The molecule has 2 rings (SSSR count). The molecule has 1 saturated heterocycles. The molecule has 1 aliphatic carbocycles. The maximum absolute atomic E-state index is 13.4. The summed E-state index contributed by atoms with van der Waals surface area (Å²) in [6.07, 6.45) is 6.24. The molecule has 150 valence electrons. The third kappa shape index (κ3) is 5.69. The third-order valence-corrected chi connectivity index (χ3v) is 5.55. The van der Waals surface area contributed by atoms with E-state index >= 15 is 0 Å². The molecule has 3 atom stereocenters. The van der Waals surface area contributed by atoms with Crippen LogP contribution in [0.15, 0.2) is 11.8 Å². The average Bonchev–Trinajstić information content (AvgIpc) is 3.05. The van der Waals surface area contributed by atoms with Gasteiger partial charge >= 0.3 is 0 Å². The minimum atomic E-state index is -1.12. The van der Waals surface area contributed by atoms with E-state index in [-0.39, 0.29) is 31.3 Å². The van der Waals surface area contributed by atoms with Crippen LogP contribution in [-0.2, 0) is 9.59 Å². The number of halogens is 1. The van der Waals surface area contributed by atoms with Gasteiger partial charge in [-0.15, -0.1) is 0 Å². The highest BCUT2D eigenvalue weighted by Crippen LogP contribution is 2.34. The second kappa shape index (κ2) is 9.72. The molecule has 0 bridgehead atoms. The first-order valence-corrected chi connectivity index (χ1v) is 9.94. The topological polar surface area (TPSA) is 85.2 Å². The van der Waals surface area contributed by atoms with Crippen molar-refractivity contribution in [3.05, 3.63) is 11.8 Å². The largest absolute Gasteiger partial charge is 0.380 e. The van der Waals surface area contributed by atoms with Crippen molar-refractivity contribution in [2.24, 2.45) is 5.41 Å². The number of hydrogen-bond acceptors (Lipinski definition) is 4. The third-order valence-electron chi connectivity index (χ3n) is 5.55. The lowest BCUT2D eigenvalue weighted by atomic mass is 9.77. The molecule has 0 saturated carbocycles. The molecular weight excluding hydrogens is 347 g/mol. The van der Waals surface area contributed by atoms with Crippen molar-refractivity contribution < 1.29 is 14.0 Å². The number of allylic oxidation sites excluding steroid dienone is 2. The van der Waals surface area contributed by atoms with E-state index in [4.69, 9.17) is 5.26 Å². The molecule has 2 aliphatic rings. The zero-order valence-corrected chi connectivity index (χ0v) is 16.4. The second-order valence-electron chi connectivity index (χ2n) is 7.83. The van der Waals surface area contributed by atoms with Crippen molar-refractivity contribution in [1.82, 2.24) is 15.5 Å². The fraction of sp³-hybridized carbons (Fsp3) is 0.750. The normalized spacial score (nSPS) is 27.6. The van der Waals surface area contributed by atoms with Crippen LogP contribution in [0.2, 0.25) is 0 Å². The summed E-state index contributed by atoms with van der Waals surface area (Å²) >= 11 is 0. The van der Waals surface area contributed by atoms with Crippen LogP contribution in [-0.4, -0.2) is 48.6 Å². The fourth-order valence-electron chi connectivity index (χ4n) is 3.59. The average molecular weight is 378 g/mol. The van der Waals surface area contributed by atoms with Gasteiger partial charge in [0.15, 0.2) is 0 Å². The molecule has 1 fully saturated rings. The van der Waals surface area contributed by atoms with Crippen LogP contribution < -0.4 is 10.6 Å². The van der Waals surface area contributed by atoms with Gasteiger partial charge in [-0.3, -0.25) is 9.59 Å². The van der Waals surface area contributed by atoms with Gasteiger partial charge in [-0.25, -0.2) is 4.39 Å². The van der Waals surface area contributed by atoms with E-state index in [9.17, 15) is 14.0 Å². The van der Waals surface area contributed by atoms with Gasteiger partial charge in [0.25, 0.3) is 0 Å². The van der Waals surface area contributed by atoms with Gasteiger partial charge in [-0.2, -0.15) is 5.26 Å². The second-order valence-corrected chi connectivity index (χ2v) is 7.83. The Kier molecular flexibility index (Phi) is 7.64. The van der Waals surface area contributed by atoms with Gasteiger partial charge in [-0.05, 0) is 25.7 Å². The Morgan fingerprint density at radius 1 is 1.44 bits per heavy atom. The number of carbonyl (C=O) groups is 2. The quantitative estimate of drug-likeness (QED) is 0.635. The standard InChI is InChI=1S/C20H31FN4O2/c1-3-4-5-10-23-19(27)20(2)8-6-16(7-9-20)24-13-18(26)25-14-15(21)11-17(25)12-22/h6,15,17,24H,3-5,7-11,13-14H2,1-2H3,(H,23,27)/t15-,17-,20?/m0/s1. The number of nitriles is 1. The van der Waals surface area contributed by atoms with Crippen molar-refractivity contribution in [2.45, 2.75) is 71.0 Å². The van der Waals surface area contributed by atoms with Crippen molar-refractivity contribution in [1.29, 1.82) is 5.26 Å². The molecule has 0 aromatic carbocycles. The van der Waals surface area contributed by atoms with E-state index in [0.717, 1.165) is 37.9 Å². The van der Waals surface area contributed by atoms with Gasteiger partial charge in [0.05, 0.1) is 24.6 Å². The van der Waals surface area contributed by atoms with E-state index in [1.807, 2.05) is 19.1 Å². The predicted molar refractivity (Wildman–Crippen MR) is 101 cm³/mol. The molecule has 2 N–H and O–H groups in total. The zero-order chi connectivity index (χ0) is 19.9. The van der Waals surface area contributed by atoms with Crippen LogP contribution >= 0.6 is 0 Å². The lowest BCUT2D eigenvalue weighted by Gasteiger charge is -2.32. The van der Waals surface area contributed by atoms with Gasteiger partial charge in [0.2, 0.25) is 11.8 Å². The van der Waals surface area contributed by atoms with E-state index in [1.54, 1.807) is 0 Å². The van der Waals surface area contributed by atoms with E-state index in [0.29, 0.717) is 12.8 Å². The summed E-state index contributed by atoms with van der Waals surface area (Å²) in [6.45, 7) is 4.87. The molecule has 27 heavy (non-hydrogen) atoms. The first-order chi connectivity index (χ1) is 12.9. The number of alkyl halides is 1. The summed E-state index contributed by atoms with van der Waals surface area (Å²) in [6, 6.07) is 1.32. The van der Waals surface area contributed by atoms with Crippen molar-refractivity contribution in [3.63, 3.8) is 0 Å². The Bertz CT molecular complexity index is 616. The first-order valence-electron chi connectivity index (χ1n) is 9.94. The number of carbonyl (C=O) groups excluding carboxylic acids is 2. The Hall–Kier alpha value is -2.10. The molecule has 0 aromatic rings. The molecule has 0 aromatic heterocycles. The summed E-state index contributed by atoms with van der Waals surface area (Å²) in [5.74, 6) is -0.169.